The van der Waals surface area contributed by atoms with Gasteiger partial charge < -0.3 is 20.1 Å². The van der Waals surface area contributed by atoms with Crippen LogP contribution in [0.2, 0.25) is 5.02 Å². The van der Waals surface area contributed by atoms with E-state index in [2.05, 4.69) is 26.7 Å². The lowest BCUT2D eigenvalue weighted by Gasteiger charge is -2.66. The summed E-state index contributed by atoms with van der Waals surface area (Å²) in [5.41, 5.74) is 0.980. The summed E-state index contributed by atoms with van der Waals surface area (Å²) in [6.07, 6.45) is 5.12. The predicted octanol–water partition coefficient (Wildman–Crippen LogP) is 4.13. The highest BCUT2D eigenvalue weighted by atomic mass is 35.5. The number of carbonyl (C=O) groups excluding carboxylic acids is 1. The third-order valence-electron chi connectivity index (χ3n) is 6.35. The molecule has 166 valence electrons. The van der Waals surface area contributed by atoms with E-state index in [-0.39, 0.29) is 51.2 Å². The highest BCUT2D eigenvalue weighted by Gasteiger charge is 2.69. The topological polar surface area (TPSA) is 133 Å². The van der Waals surface area contributed by atoms with E-state index in [1.807, 2.05) is 13.0 Å². The fraction of sp³-hybridized carbons (Fsp3) is 0.348. The van der Waals surface area contributed by atoms with Gasteiger partial charge in [0.1, 0.15) is 5.69 Å². The Bertz CT molecular complexity index is 1290. The maximum atomic E-state index is 12.5. The summed E-state index contributed by atoms with van der Waals surface area (Å²) in [4.78, 5) is 21.5. The molecule has 0 unspecified atom stereocenters. The first-order valence-electron chi connectivity index (χ1n) is 10.3. The highest BCUT2D eigenvalue weighted by molar-refractivity contribution is 6.32. The standard InChI is InChI=1S/C23H19ClN6O3/c1-12-16-17(19(31)27-12)28-21(30-23-8-22(9-23,10-23)11-26)29-20(16)33-18-14(24)6-13(4-3-5-25)7-15(18)32-2/h3-4,6-7,12H,8-10H2,1-2H3,(H,27,31)(H,28,29,30)/b4-3+/t12-,22?,23?/m1/s1. The van der Waals surface area contributed by atoms with E-state index in [0.29, 0.717) is 16.9 Å². The maximum absolute atomic E-state index is 12.5. The van der Waals surface area contributed by atoms with E-state index in [0.717, 1.165) is 19.3 Å². The summed E-state index contributed by atoms with van der Waals surface area (Å²) in [6, 6.07) is 7.28. The predicted molar refractivity (Wildman–Crippen MR) is 119 cm³/mol. The molecule has 0 saturated heterocycles. The van der Waals surface area contributed by atoms with Crippen molar-refractivity contribution in [1.82, 2.24) is 15.3 Å². The maximum Gasteiger partial charge on any atom is 0.271 e. The van der Waals surface area contributed by atoms with Crippen molar-refractivity contribution in [1.29, 1.82) is 10.5 Å². The van der Waals surface area contributed by atoms with Crippen LogP contribution < -0.4 is 20.1 Å². The Labute approximate surface area is 195 Å². The van der Waals surface area contributed by atoms with Gasteiger partial charge in [0.15, 0.2) is 11.5 Å². The molecule has 1 atom stereocenters. The number of nitrogens with one attached hydrogen (secondary N) is 2. The van der Waals surface area contributed by atoms with Crippen LogP contribution in [0.15, 0.2) is 18.2 Å². The number of hydrogen-bond donors (Lipinski definition) is 2. The average molecular weight is 463 g/mol. The van der Waals surface area contributed by atoms with E-state index in [1.54, 1.807) is 18.2 Å². The number of nitrogens with zero attached hydrogens (tertiary/aromatic N) is 4. The second-order valence-electron chi connectivity index (χ2n) is 8.74. The molecule has 1 aromatic carbocycles. The molecule has 10 heteroatoms. The second kappa shape index (κ2) is 7.36. The number of fused-ring (bicyclic) bond motifs is 1. The van der Waals surface area contributed by atoms with Crippen LogP contribution in [0.5, 0.6) is 17.4 Å². The van der Waals surface area contributed by atoms with Gasteiger partial charge in [0.25, 0.3) is 5.91 Å². The van der Waals surface area contributed by atoms with Gasteiger partial charge in [-0.15, -0.1) is 0 Å². The monoisotopic (exact) mass is 462 g/mol. The number of carbonyl (C=O) groups is 1. The van der Waals surface area contributed by atoms with Gasteiger partial charge in [0.05, 0.1) is 41.3 Å². The minimum atomic E-state index is -0.351. The Morgan fingerprint density at radius 3 is 2.73 bits per heavy atom. The van der Waals surface area contributed by atoms with Crippen molar-refractivity contribution in [3.63, 3.8) is 0 Å². The number of benzene rings is 1. The number of methoxy groups -OCH3 is 1. The van der Waals surface area contributed by atoms with Gasteiger partial charge in [-0.25, -0.2) is 4.98 Å². The lowest BCUT2D eigenvalue weighted by Crippen LogP contribution is -2.70. The van der Waals surface area contributed by atoms with Crippen molar-refractivity contribution in [2.45, 2.75) is 37.8 Å². The molecular weight excluding hydrogens is 444 g/mol. The first-order valence-corrected chi connectivity index (χ1v) is 10.7. The third kappa shape index (κ3) is 3.33. The van der Waals surface area contributed by atoms with Crippen molar-refractivity contribution in [2.75, 3.05) is 12.4 Å². The number of allylic oxidation sites excluding steroid dienone is 1. The average Bonchev–Trinajstić information content (AvgIpc) is 3.03. The van der Waals surface area contributed by atoms with Crippen molar-refractivity contribution in [3.05, 3.63) is 40.1 Å². The number of halogens is 1. The summed E-state index contributed by atoms with van der Waals surface area (Å²) >= 11 is 6.48. The van der Waals surface area contributed by atoms with Gasteiger partial charge in [0, 0.05) is 11.6 Å². The van der Waals surface area contributed by atoms with E-state index in [9.17, 15) is 10.1 Å². The Balaban J connectivity index is 1.52. The van der Waals surface area contributed by atoms with Gasteiger partial charge in [0.2, 0.25) is 11.8 Å². The zero-order valence-electron chi connectivity index (χ0n) is 17.9. The van der Waals surface area contributed by atoms with Crippen LogP contribution in [-0.4, -0.2) is 28.5 Å². The molecule has 9 nitrogen and oxygen atoms in total. The molecule has 2 aromatic rings. The number of amides is 1. The summed E-state index contributed by atoms with van der Waals surface area (Å²) < 4.78 is 11.6. The fourth-order valence-corrected chi connectivity index (χ4v) is 5.18. The Morgan fingerprint density at radius 2 is 2.06 bits per heavy atom. The highest BCUT2D eigenvalue weighted by Crippen LogP contribution is 2.67. The quantitative estimate of drug-likeness (QED) is 0.612. The minimum absolute atomic E-state index is 0.190. The molecule has 1 amide bonds. The van der Waals surface area contributed by atoms with Crippen molar-refractivity contribution in [2.24, 2.45) is 5.41 Å². The number of nitriles is 2. The van der Waals surface area contributed by atoms with Crippen LogP contribution in [0, 0.1) is 28.1 Å². The summed E-state index contributed by atoms with van der Waals surface area (Å²) in [5, 5.41) is 24.5. The molecule has 3 saturated carbocycles. The van der Waals surface area contributed by atoms with Crippen molar-refractivity contribution >= 4 is 29.5 Å². The molecule has 0 radical (unpaired) electrons. The molecule has 4 aliphatic rings. The number of aromatic nitrogens is 2. The Hall–Kier alpha value is -3.82. The van der Waals surface area contributed by atoms with Crippen LogP contribution in [0.1, 0.15) is 53.8 Å². The molecular formula is C23H19ClN6O3. The molecule has 2 heterocycles. The van der Waals surface area contributed by atoms with Crippen LogP contribution >= 0.6 is 11.6 Å². The van der Waals surface area contributed by atoms with E-state index < -0.39 is 0 Å². The molecule has 2 bridgehead atoms. The van der Waals surface area contributed by atoms with Crippen LogP contribution in [0.25, 0.3) is 6.08 Å². The fourth-order valence-electron chi connectivity index (χ4n) is 4.92. The number of rotatable bonds is 6. The molecule has 33 heavy (non-hydrogen) atoms. The Morgan fingerprint density at radius 1 is 1.30 bits per heavy atom. The van der Waals surface area contributed by atoms with E-state index >= 15 is 0 Å². The second-order valence-corrected chi connectivity index (χ2v) is 9.14. The molecule has 1 aromatic heterocycles. The molecule has 6 rings (SSSR count). The molecule has 0 spiro atoms. The number of hydrogen-bond acceptors (Lipinski definition) is 8. The van der Waals surface area contributed by atoms with E-state index in [1.165, 1.54) is 13.2 Å². The Kier molecular flexibility index (Phi) is 4.70. The normalized spacial score (nSPS) is 26.3. The van der Waals surface area contributed by atoms with Crippen molar-refractivity contribution in [3.8, 4) is 29.5 Å². The van der Waals surface area contributed by atoms with Crippen LogP contribution in [0.4, 0.5) is 5.95 Å². The SMILES string of the molecule is COc1cc(/C=C/C#N)cc(Cl)c1Oc1nc(NC23CC(C#N)(C2)C3)nc2c1[C@@H](C)NC2=O. The van der Waals surface area contributed by atoms with Crippen molar-refractivity contribution < 1.29 is 14.3 Å². The lowest BCUT2D eigenvalue weighted by molar-refractivity contribution is -0.0665. The smallest absolute Gasteiger partial charge is 0.271 e. The number of anilines is 1. The van der Waals surface area contributed by atoms with Gasteiger partial charge in [-0.1, -0.05) is 11.6 Å². The first kappa shape index (κ1) is 21.0. The van der Waals surface area contributed by atoms with Gasteiger partial charge >= 0.3 is 0 Å². The molecule has 3 fully saturated rings. The minimum Gasteiger partial charge on any atom is -0.493 e. The van der Waals surface area contributed by atoms with Gasteiger partial charge in [-0.05, 0) is 50.0 Å². The summed E-state index contributed by atoms with van der Waals surface area (Å²) in [5.74, 6) is 0.732. The van der Waals surface area contributed by atoms with Gasteiger partial charge in [-0.3, -0.25) is 4.79 Å². The zero-order chi connectivity index (χ0) is 23.4. The molecule has 2 N–H and O–H groups in total. The van der Waals surface area contributed by atoms with Crippen LogP contribution in [-0.2, 0) is 0 Å². The third-order valence-corrected chi connectivity index (χ3v) is 6.63. The largest absolute Gasteiger partial charge is 0.493 e. The van der Waals surface area contributed by atoms with Crippen LogP contribution in [0.3, 0.4) is 0 Å². The first-order chi connectivity index (χ1) is 15.8. The van der Waals surface area contributed by atoms with E-state index in [4.69, 9.17) is 26.3 Å². The molecule has 3 aliphatic carbocycles. The summed E-state index contributed by atoms with van der Waals surface area (Å²) in [7, 11) is 1.48. The zero-order valence-corrected chi connectivity index (χ0v) is 18.7. The lowest BCUT2D eigenvalue weighted by atomic mass is 9.40. The van der Waals surface area contributed by atoms with Gasteiger partial charge in [-0.2, -0.15) is 15.5 Å². The number of ether oxygens (including phenoxy) is 2. The summed E-state index contributed by atoms with van der Waals surface area (Å²) in [6.45, 7) is 1.82. The molecule has 1 aliphatic heterocycles.